The van der Waals surface area contributed by atoms with Crippen LogP contribution in [0.1, 0.15) is 11.3 Å². The predicted molar refractivity (Wildman–Crippen MR) is 71.1 cm³/mol. The van der Waals surface area contributed by atoms with Crippen molar-refractivity contribution in [2.24, 2.45) is 0 Å². The summed E-state index contributed by atoms with van der Waals surface area (Å²) in [4.78, 5) is 0. The lowest BCUT2D eigenvalue weighted by atomic mass is 10.2. The molecule has 16 heavy (non-hydrogen) atoms. The SMILES string of the molecule is Brc1ccc(CNCc2ccco2)cc1Br. The second-order valence-electron chi connectivity index (χ2n) is 3.43. The van der Waals surface area contributed by atoms with Crippen molar-refractivity contribution in [2.45, 2.75) is 13.1 Å². The van der Waals surface area contributed by atoms with Gasteiger partial charge in [0.1, 0.15) is 5.76 Å². The van der Waals surface area contributed by atoms with E-state index in [1.165, 1.54) is 5.56 Å². The van der Waals surface area contributed by atoms with Gasteiger partial charge in [0.2, 0.25) is 0 Å². The zero-order valence-corrected chi connectivity index (χ0v) is 11.7. The van der Waals surface area contributed by atoms with Gasteiger partial charge in [-0.25, -0.2) is 0 Å². The molecule has 0 spiro atoms. The lowest BCUT2D eigenvalue weighted by Crippen LogP contribution is -2.11. The largest absolute Gasteiger partial charge is 0.468 e. The molecule has 0 aliphatic rings. The van der Waals surface area contributed by atoms with Crippen molar-refractivity contribution in [1.82, 2.24) is 5.32 Å². The van der Waals surface area contributed by atoms with Gasteiger partial charge in [-0.3, -0.25) is 0 Å². The van der Waals surface area contributed by atoms with Crippen molar-refractivity contribution < 1.29 is 4.42 Å². The standard InChI is InChI=1S/C12H11Br2NO/c13-11-4-3-9(6-12(11)14)7-15-8-10-2-1-5-16-10/h1-6,15H,7-8H2. The van der Waals surface area contributed by atoms with E-state index < -0.39 is 0 Å². The van der Waals surface area contributed by atoms with E-state index in [1.807, 2.05) is 18.2 Å². The molecule has 1 N–H and O–H groups in total. The van der Waals surface area contributed by atoms with E-state index in [-0.39, 0.29) is 0 Å². The Morgan fingerprint density at radius 3 is 2.62 bits per heavy atom. The third-order valence-electron chi connectivity index (χ3n) is 2.19. The zero-order valence-electron chi connectivity index (χ0n) is 8.54. The lowest BCUT2D eigenvalue weighted by molar-refractivity contribution is 0.483. The molecule has 0 bridgehead atoms. The van der Waals surface area contributed by atoms with Crippen LogP contribution in [0, 0.1) is 0 Å². The first-order chi connectivity index (χ1) is 7.75. The highest BCUT2D eigenvalue weighted by Gasteiger charge is 1.99. The Hall–Kier alpha value is -0.580. The minimum atomic E-state index is 0.751. The summed E-state index contributed by atoms with van der Waals surface area (Å²) < 4.78 is 7.38. The van der Waals surface area contributed by atoms with Gasteiger partial charge in [0.15, 0.2) is 0 Å². The van der Waals surface area contributed by atoms with Crippen LogP contribution in [0.4, 0.5) is 0 Å². The summed E-state index contributed by atoms with van der Waals surface area (Å²) >= 11 is 6.93. The van der Waals surface area contributed by atoms with Gasteiger partial charge in [0, 0.05) is 15.5 Å². The lowest BCUT2D eigenvalue weighted by Gasteiger charge is -2.04. The molecule has 1 aromatic heterocycles. The van der Waals surface area contributed by atoms with E-state index in [2.05, 4.69) is 49.3 Å². The quantitative estimate of drug-likeness (QED) is 0.903. The maximum atomic E-state index is 5.24. The van der Waals surface area contributed by atoms with Gasteiger partial charge in [-0.15, -0.1) is 0 Å². The highest BCUT2D eigenvalue weighted by Crippen LogP contribution is 2.23. The van der Waals surface area contributed by atoms with Crippen LogP contribution in [0.15, 0.2) is 50.0 Å². The molecule has 1 aromatic carbocycles. The first kappa shape index (κ1) is 11.9. The summed E-state index contributed by atoms with van der Waals surface area (Å²) in [6, 6.07) is 10.1. The first-order valence-electron chi connectivity index (χ1n) is 4.93. The van der Waals surface area contributed by atoms with Crippen LogP contribution in [0.3, 0.4) is 0 Å². The van der Waals surface area contributed by atoms with Gasteiger partial charge in [0.05, 0.1) is 12.8 Å². The number of rotatable bonds is 4. The molecule has 84 valence electrons. The summed E-state index contributed by atoms with van der Waals surface area (Å²) in [7, 11) is 0. The van der Waals surface area contributed by atoms with E-state index in [4.69, 9.17) is 4.42 Å². The molecule has 0 aliphatic carbocycles. The second-order valence-corrected chi connectivity index (χ2v) is 5.14. The minimum Gasteiger partial charge on any atom is -0.468 e. The van der Waals surface area contributed by atoms with E-state index >= 15 is 0 Å². The minimum absolute atomic E-state index is 0.751. The summed E-state index contributed by atoms with van der Waals surface area (Å²) in [6.45, 7) is 1.58. The molecule has 0 aliphatic heterocycles. The van der Waals surface area contributed by atoms with Gasteiger partial charge in [-0.2, -0.15) is 0 Å². The molecule has 0 unspecified atom stereocenters. The number of furan rings is 1. The number of benzene rings is 1. The molecule has 2 aromatic rings. The van der Waals surface area contributed by atoms with Gasteiger partial charge in [-0.1, -0.05) is 6.07 Å². The van der Waals surface area contributed by atoms with Crippen molar-refractivity contribution in [3.8, 4) is 0 Å². The van der Waals surface area contributed by atoms with Crippen LogP contribution in [0.5, 0.6) is 0 Å². The van der Waals surface area contributed by atoms with Crippen molar-refractivity contribution in [3.05, 3.63) is 56.9 Å². The van der Waals surface area contributed by atoms with Crippen molar-refractivity contribution in [2.75, 3.05) is 0 Å². The molecule has 4 heteroatoms. The summed E-state index contributed by atoms with van der Waals surface area (Å²) in [6.07, 6.45) is 1.69. The molecule has 0 saturated heterocycles. The smallest absolute Gasteiger partial charge is 0.117 e. The van der Waals surface area contributed by atoms with Crippen LogP contribution >= 0.6 is 31.9 Å². The molecule has 0 amide bonds. The molecular weight excluding hydrogens is 334 g/mol. The Balaban J connectivity index is 1.87. The normalized spacial score (nSPS) is 10.6. The van der Waals surface area contributed by atoms with Crippen molar-refractivity contribution in [1.29, 1.82) is 0 Å². The second kappa shape index (κ2) is 5.66. The third-order valence-corrected chi connectivity index (χ3v) is 4.07. The first-order valence-corrected chi connectivity index (χ1v) is 6.51. The number of nitrogens with one attached hydrogen (secondary N) is 1. The number of halogens is 2. The number of hydrogen-bond acceptors (Lipinski definition) is 2. The van der Waals surface area contributed by atoms with Crippen LogP contribution in [-0.4, -0.2) is 0 Å². The molecular formula is C12H11Br2NO. The molecule has 0 atom stereocenters. The maximum Gasteiger partial charge on any atom is 0.117 e. The highest BCUT2D eigenvalue weighted by molar-refractivity contribution is 9.13. The monoisotopic (exact) mass is 343 g/mol. The Bertz CT molecular complexity index is 454. The van der Waals surface area contributed by atoms with Gasteiger partial charge < -0.3 is 9.73 Å². The zero-order chi connectivity index (χ0) is 11.4. The molecule has 1 heterocycles. The van der Waals surface area contributed by atoms with E-state index in [0.29, 0.717) is 0 Å². The summed E-state index contributed by atoms with van der Waals surface area (Å²) in [5.41, 5.74) is 1.24. The summed E-state index contributed by atoms with van der Waals surface area (Å²) in [5.74, 6) is 0.955. The fraction of sp³-hybridized carbons (Fsp3) is 0.167. The van der Waals surface area contributed by atoms with Crippen LogP contribution in [0.25, 0.3) is 0 Å². The number of hydrogen-bond donors (Lipinski definition) is 1. The molecule has 2 nitrogen and oxygen atoms in total. The Labute approximate surface area is 111 Å². The van der Waals surface area contributed by atoms with E-state index in [9.17, 15) is 0 Å². The fourth-order valence-electron chi connectivity index (χ4n) is 1.39. The Kier molecular flexibility index (Phi) is 4.21. The molecule has 0 saturated carbocycles. The highest BCUT2D eigenvalue weighted by atomic mass is 79.9. The fourth-order valence-corrected chi connectivity index (χ4v) is 2.07. The molecule has 0 fully saturated rings. The molecule has 2 rings (SSSR count). The van der Waals surface area contributed by atoms with Crippen LogP contribution in [-0.2, 0) is 13.1 Å². The van der Waals surface area contributed by atoms with Gasteiger partial charge >= 0.3 is 0 Å². The van der Waals surface area contributed by atoms with E-state index in [1.54, 1.807) is 6.26 Å². The Morgan fingerprint density at radius 2 is 1.94 bits per heavy atom. The van der Waals surface area contributed by atoms with E-state index in [0.717, 1.165) is 27.8 Å². The van der Waals surface area contributed by atoms with Crippen LogP contribution < -0.4 is 5.32 Å². The summed E-state index contributed by atoms with van der Waals surface area (Å²) in [5, 5.41) is 3.32. The average Bonchev–Trinajstić information content (AvgIpc) is 2.76. The van der Waals surface area contributed by atoms with Crippen molar-refractivity contribution in [3.63, 3.8) is 0 Å². The third kappa shape index (κ3) is 3.20. The van der Waals surface area contributed by atoms with Gasteiger partial charge in [0.25, 0.3) is 0 Å². The average molecular weight is 345 g/mol. The van der Waals surface area contributed by atoms with Crippen LogP contribution in [0.2, 0.25) is 0 Å². The Morgan fingerprint density at radius 1 is 1.06 bits per heavy atom. The van der Waals surface area contributed by atoms with Gasteiger partial charge in [-0.05, 0) is 61.7 Å². The molecule has 0 radical (unpaired) electrons. The maximum absolute atomic E-state index is 5.24. The predicted octanol–water partition coefficient (Wildman–Crippen LogP) is 4.09. The van der Waals surface area contributed by atoms with Crippen molar-refractivity contribution >= 4 is 31.9 Å². The topological polar surface area (TPSA) is 25.2 Å².